The van der Waals surface area contributed by atoms with Crippen LogP contribution in [0.3, 0.4) is 0 Å². The molecular formula is C93H81N3. The lowest BCUT2D eigenvalue weighted by atomic mass is 9.70. The highest BCUT2D eigenvalue weighted by Crippen LogP contribution is 2.56. The lowest BCUT2D eigenvalue weighted by molar-refractivity contribution is 0.401. The molecule has 468 valence electrons. The van der Waals surface area contributed by atoms with Crippen molar-refractivity contribution >= 4 is 72.7 Å². The standard InChI is InChI=1S/C93H81N3/c1-3-5-7-27-65-93(66-28-8-6-4-2)89-42-26-25-37-83(89)84-64-53-73(67-90(84)93)92-87-40-23-21-38-85(87)91(86-39-22-24-41-88(86)92)72-51-62-82(63-52-72)96(80-58-47-70(48-59-80)68-43-54-78(55-44-68)94(74-29-13-9-14-30-74)75-31-15-10-16-32-75)81-60-49-71(50-61-81)69-45-56-79(57-46-69)95(76-33-17-11-18-34-76)77-35-19-12-20-36-77/h9-26,29-64,67H,3-8,27-28,65-66H2,1-2H3. The summed E-state index contributed by atoms with van der Waals surface area (Å²) in [5.41, 5.74) is 25.5. The number of nitrogens with zero attached hydrogens (tertiary/aromatic N) is 3. The van der Waals surface area contributed by atoms with Crippen molar-refractivity contribution in [2.75, 3.05) is 14.7 Å². The molecule has 0 amide bonds. The highest BCUT2D eigenvalue weighted by Gasteiger charge is 2.42. The number of unbranched alkanes of at least 4 members (excludes halogenated alkanes) is 6. The van der Waals surface area contributed by atoms with Gasteiger partial charge in [-0.1, -0.05) is 284 Å². The normalized spacial score (nSPS) is 12.1. The Kier molecular flexibility index (Phi) is 17.8. The third kappa shape index (κ3) is 12.1. The van der Waals surface area contributed by atoms with Crippen LogP contribution in [-0.2, 0) is 5.41 Å². The molecule has 0 heterocycles. The van der Waals surface area contributed by atoms with E-state index < -0.39 is 0 Å². The zero-order chi connectivity index (χ0) is 64.6. The van der Waals surface area contributed by atoms with Crippen LogP contribution in [0.15, 0.2) is 334 Å². The van der Waals surface area contributed by atoms with E-state index in [1.165, 1.54) is 125 Å². The van der Waals surface area contributed by atoms with Gasteiger partial charge in [-0.15, -0.1) is 0 Å². The van der Waals surface area contributed by atoms with E-state index in [1.54, 1.807) is 5.56 Å². The van der Waals surface area contributed by atoms with E-state index >= 15 is 0 Å². The topological polar surface area (TPSA) is 9.72 Å². The van der Waals surface area contributed by atoms with Gasteiger partial charge in [0.25, 0.3) is 0 Å². The second-order valence-corrected chi connectivity index (χ2v) is 25.9. The molecule has 96 heavy (non-hydrogen) atoms. The molecule has 3 heteroatoms. The highest BCUT2D eigenvalue weighted by atomic mass is 15.2. The van der Waals surface area contributed by atoms with Gasteiger partial charge < -0.3 is 14.7 Å². The molecule has 1 aliphatic carbocycles. The fourth-order valence-corrected chi connectivity index (χ4v) is 15.4. The molecule has 0 saturated heterocycles. The van der Waals surface area contributed by atoms with Crippen LogP contribution >= 0.6 is 0 Å². The van der Waals surface area contributed by atoms with E-state index in [9.17, 15) is 0 Å². The van der Waals surface area contributed by atoms with Crippen molar-refractivity contribution in [2.24, 2.45) is 0 Å². The Labute approximate surface area is 567 Å². The zero-order valence-electron chi connectivity index (χ0n) is 55.2. The number of hydrogen-bond acceptors (Lipinski definition) is 3. The molecule has 0 aromatic heterocycles. The van der Waals surface area contributed by atoms with Crippen LogP contribution in [0.2, 0.25) is 0 Å². The largest absolute Gasteiger partial charge is 0.311 e. The molecule has 0 aliphatic heterocycles. The van der Waals surface area contributed by atoms with Crippen molar-refractivity contribution in [3.8, 4) is 55.6 Å². The maximum Gasteiger partial charge on any atom is 0.0462 e. The Morgan fingerprint density at radius 1 is 0.219 bits per heavy atom. The lowest BCUT2D eigenvalue weighted by Gasteiger charge is -2.33. The van der Waals surface area contributed by atoms with Crippen molar-refractivity contribution in [1.29, 1.82) is 0 Å². The van der Waals surface area contributed by atoms with Gasteiger partial charge in [0.05, 0.1) is 0 Å². The first-order valence-corrected chi connectivity index (χ1v) is 34.9. The van der Waals surface area contributed by atoms with Crippen LogP contribution < -0.4 is 14.7 Å². The molecule has 0 radical (unpaired) electrons. The fourth-order valence-electron chi connectivity index (χ4n) is 15.4. The molecule has 14 aromatic carbocycles. The number of rotatable bonds is 23. The number of anilines is 9. The van der Waals surface area contributed by atoms with Crippen LogP contribution in [0.5, 0.6) is 0 Å². The predicted octanol–water partition coefficient (Wildman–Crippen LogP) is 27.3. The number of benzene rings is 14. The highest BCUT2D eigenvalue weighted by molar-refractivity contribution is 6.21. The molecule has 0 bridgehead atoms. The second kappa shape index (κ2) is 27.9. The molecule has 0 fully saturated rings. The van der Waals surface area contributed by atoms with E-state index in [0.717, 1.165) is 73.4 Å². The van der Waals surface area contributed by atoms with Gasteiger partial charge in [0, 0.05) is 56.6 Å². The first kappa shape index (κ1) is 61.2. The monoisotopic (exact) mass is 1240 g/mol. The Balaban J connectivity index is 0.794. The SMILES string of the molecule is CCCCCCC1(CCCCCC)c2ccccc2-c2ccc(-c3c4ccccc4c(-c4ccc(N(c5ccc(-c6ccc(N(c7ccccc7)c7ccccc7)cc6)cc5)c5ccc(-c6ccc(N(c7ccccc7)c7ccccc7)cc6)cc5)cc4)c4ccccc34)cc21. The zero-order valence-corrected chi connectivity index (χ0v) is 55.2. The minimum atomic E-state index is -0.00294. The molecule has 0 saturated carbocycles. The summed E-state index contributed by atoms with van der Waals surface area (Å²) in [6.07, 6.45) is 12.5. The van der Waals surface area contributed by atoms with E-state index in [-0.39, 0.29) is 5.41 Å². The number of hydrogen-bond donors (Lipinski definition) is 0. The number of fused-ring (bicyclic) bond motifs is 5. The third-order valence-corrected chi connectivity index (χ3v) is 20.0. The van der Waals surface area contributed by atoms with Gasteiger partial charge in [-0.3, -0.25) is 0 Å². The summed E-state index contributed by atoms with van der Waals surface area (Å²) >= 11 is 0. The van der Waals surface area contributed by atoms with Crippen molar-refractivity contribution in [3.05, 3.63) is 345 Å². The van der Waals surface area contributed by atoms with Crippen molar-refractivity contribution in [2.45, 2.75) is 83.5 Å². The molecule has 14 aromatic rings. The third-order valence-electron chi connectivity index (χ3n) is 20.0. The molecule has 0 unspecified atom stereocenters. The summed E-state index contributed by atoms with van der Waals surface area (Å²) in [5, 5.41) is 5.08. The molecular weight excluding hydrogens is 1160 g/mol. The van der Waals surface area contributed by atoms with E-state index in [4.69, 9.17) is 0 Å². The van der Waals surface area contributed by atoms with Gasteiger partial charge in [-0.2, -0.15) is 0 Å². The summed E-state index contributed by atoms with van der Waals surface area (Å²) in [6, 6.07) is 123. The summed E-state index contributed by atoms with van der Waals surface area (Å²) in [6.45, 7) is 4.66. The van der Waals surface area contributed by atoms with Gasteiger partial charge in [0.2, 0.25) is 0 Å². The van der Waals surface area contributed by atoms with Gasteiger partial charge in [0.1, 0.15) is 0 Å². The lowest BCUT2D eigenvalue weighted by Crippen LogP contribution is -2.25. The van der Waals surface area contributed by atoms with Gasteiger partial charge in [0.15, 0.2) is 0 Å². The van der Waals surface area contributed by atoms with Crippen LogP contribution in [-0.4, -0.2) is 0 Å². The fraction of sp³-hybridized carbons (Fsp3) is 0.140. The van der Waals surface area contributed by atoms with Gasteiger partial charge in [-0.05, 0) is 216 Å². The first-order valence-electron chi connectivity index (χ1n) is 34.9. The van der Waals surface area contributed by atoms with Crippen molar-refractivity contribution in [3.63, 3.8) is 0 Å². The minimum absolute atomic E-state index is 0.00294. The minimum Gasteiger partial charge on any atom is -0.311 e. The molecule has 0 N–H and O–H groups in total. The van der Waals surface area contributed by atoms with Crippen LogP contribution in [0.1, 0.15) is 89.2 Å². The number of para-hydroxylation sites is 4. The van der Waals surface area contributed by atoms with E-state index in [0.29, 0.717) is 0 Å². The summed E-state index contributed by atoms with van der Waals surface area (Å²) < 4.78 is 0. The predicted molar refractivity (Wildman–Crippen MR) is 411 cm³/mol. The van der Waals surface area contributed by atoms with E-state index in [1.807, 2.05) is 0 Å². The second-order valence-electron chi connectivity index (χ2n) is 25.9. The quantitative estimate of drug-likeness (QED) is 0.0467. The van der Waals surface area contributed by atoms with Crippen molar-refractivity contribution in [1.82, 2.24) is 0 Å². The van der Waals surface area contributed by atoms with Gasteiger partial charge in [-0.25, -0.2) is 0 Å². The summed E-state index contributed by atoms with van der Waals surface area (Å²) in [4.78, 5) is 7.02. The summed E-state index contributed by atoms with van der Waals surface area (Å²) in [5.74, 6) is 0. The van der Waals surface area contributed by atoms with Crippen LogP contribution in [0, 0.1) is 0 Å². The Hall–Kier alpha value is -11.0. The molecule has 1 aliphatic rings. The van der Waals surface area contributed by atoms with Crippen molar-refractivity contribution < 1.29 is 0 Å². The molecule has 15 rings (SSSR count). The average Bonchev–Trinajstić information content (AvgIpc) is 1.44. The molecule has 0 atom stereocenters. The first-order chi connectivity index (χ1) is 47.5. The maximum absolute atomic E-state index is 2.63. The van der Waals surface area contributed by atoms with Crippen LogP contribution in [0.4, 0.5) is 51.2 Å². The van der Waals surface area contributed by atoms with E-state index in [2.05, 4.69) is 362 Å². The smallest absolute Gasteiger partial charge is 0.0462 e. The molecule has 0 spiro atoms. The van der Waals surface area contributed by atoms with Crippen LogP contribution in [0.25, 0.3) is 77.2 Å². The van der Waals surface area contributed by atoms with Gasteiger partial charge >= 0.3 is 0 Å². The molecule has 3 nitrogen and oxygen atoms in total. The maximum atomic E-state index is 2.63. The Morgan fingerprint density at radius 3 is 0.833 bits per heavy atom. The Morgan fingerprint density at radius 2 is 0.490 bits per heavy atom. The summed E-state index contributed by atoms with van der Waals surface area (Å²) in [7, 11) is 0. The Bertz CT molecular complexity index is 4590. The average molecular weight is 1240 g/mol.